The number of halogens is 2. The van der Waals surface area contributed by atoms with E-state index in [1.54, 1.807) is 6.07 Å². The third-order valence-electron chi connectivity index (χ3n) is 1.47. The summed E-state index contributed by atoms with van der Waals surface area (Å²) < 4.78 is 0.0770. The number of aromatic hydroxyl groups is 1. The van der Waals surface area contributed by atoms with Gasteiger partial charge in [0.2, 0.25) is 5.75 Å². The first-order valence-electron chi connectivity index (χ1n) is 3.24. The van der Waals surface area contributed by atoms with Crippen molar-refractivity contribution in [3.05, 3.63) is 31.2 Å². The van der Waals surface area contributed by atoms with Gasteiger partial charge >= 0.3 is 5.69 Å². The van der Waals surface area contributed by atoms with Gasteiger partial charge in [0.15, 0.2) is 5.56 Å². The van der Waals surface area contributed by atoms with Gasteiger partial charge in [-0.15, -0.1) is 0 Å². The van der Waals surface area contributed by atoms with Gasteiger partial charge in [-0.2, -0.15) is 5.26 Å². The number of nitriles is 1. The van der Waals surface area contributed by atoms with Gasteiger partial charge in [-0.3, -0.25) is 10.1 Å². The first-order valence-corrected chi connectivity index (χ1v) is 4.41. The molecular weight excluding hydrogens is 275 g/mol. The standard InChI is InChI=1S/C7H2BrClN2O3/c8-4-1-5(9)3(2-10)6(7(4)12)11(13)14/h1,12H. The van der Waals surface area contributed by atoms with Crippen LogP contribution in [0.4, 0.5) is 5.69 Å². The van der Waals surface area contributed by atoms with Crippen LogP contribution in [0.15, 0.2) is 10.5 Å². The van der Waals surface area contributed by atoms with Gasteiger partial charge in [0.05, 0.1) is 14.4 Å². The number of nitrogens with zero attached hydrogens (tertiary/aromatic N) is 2. The van der Waals surface area contributed by atoms with Gasteiger partial charge in [0.1, 0.15) is 6.07 Å². The molecule has 72 valence electrons. The smallest absolute Gasteiger partial charge is 0.331 e. The van der Waals surface area contributed by atoms with Gasteiger partial charge < -0.3 is 5.11 Å². The summed E-state index contributed by atoms with van der Waals surface area (Å²) in [5, 5.41) is 28.3. The summed E-state index contributed by atoms with van der Waals surface area (Å²) in [6.07, 6.45) is 0. The zero-order chi connectivity index (χ0) is 10.9. The Hall–Kier alpha value is -1.32. The van der Waals surface area contributed by atoms with Crippen LogP contribution in [-0.4, -0.2) is 10.0 Å². The molecule has 0 heterocycles. The maximum absolute atomic E-state index is 10.5. The summed E-state index contributed by atoms with van der Waals surface area (Å²) in [6.45, 7) is 0. The van der Waals surface area contributed by atoms with Crippen LogP contribution >= 0.6 is 27.5 Å². The molecule has 5 nitrogen and oxygen atoms in total. The molecule has 0 aliphatic carbocycles. The molecule has 0 aliphatic rings. The molecule has 0 saturated carbocycles. The lowest BCUT2D eigenvalue weighted by Crippen LogP contribution is -1.94. The van der Waals surface area contributed by atoms with Crippen molar-refractivity contribution >= 4 is 33.2 Å². The second-order valence-electron chi connectivity index (χ2n) is 2.28. The lowest BCUT2D eigenvalue weighted by atomic mass is 10.2. The van der Waals surface area contributed by atoms with Crippen molar-refractivity contribution in [2.24, 2.45) is 0 Å². The van der Waals surface area contributed by atoms with Crippen LogP contribution in [0.2, 0.25) is 5.02 Å². The SMILES string of the molecule is N#Cc1c(Cl)cc(Br)c(O)c1[N+](=O)[O-]. The number of hydrogen-bond acceptors (Lipinski definition) is 4. The van der Waals surface area contributed by atoms with E-state index in [4.69, 9.17) is 16.9 Å². The molecule has 0 aromatic heterocycles. The molecule has 0 aliphatic heterocycles. The van der Waals surface area contributed by atoms with Gasteiger partial charge in [-0.25, -0.2) is 0 Å². The van der Waals surface area contributed by atoms with Gasteiger partial charge in [0, 0.05) is 0 Å². The van der Waals surface area contributed by atoms with Crippen molar-refractivity contribution in [2.45, 2.75) is 0 Å². The van der Waals surface area contributed by atoms with Crippen molar-refractivity contribution in [1.82, 2.24) is 0 Å². The lowest BCUT2D eigenvalue weighted by Gasteiger charge is -2.01. The van der Waals surface area contributed by atoms with E-state index in [1.807, 2.05) is 0 Å². The number of phenols is 1. The summed E-state index contributed by atoms with van der Waals surface area (Å²) in [6, 6.07) is 2.78. The Morgan fingerprint density at radius 2 is 2.29 bits per heavy atom. The van der Waals surface area contributed by atoms with Gasteiger partial charge in [-0.05, 0) is 22.0 Å². The first-order chi connectivity index (χ1) is 6.49. The fourth-order valence-corrected chi connectivity index (χ4v) is 1.67. The largest absolute Gasteiger partial charge is 0.501 e. The van der Waals surface area contributed by atoms with E-state index in [9.17, 15) is 15.2 Å². The van der Waals surface area contributed by atoms with Crippen molar-refractivity contribution in [3.8, 4) is 11.8 Å². The molecule has 14 heavy (non-hydrogen) atoms. The van der Waals surface area contributed by atoms with Crippen molar-refractivity contribution in [1.29, 1.82) is 5.26 Å². The molecule has 7 heteroatoms. The Bertz CT molecular complexity index is 455. The molecule has 0 atom stereocenters. The van der Waals surface area contributed by atoms with Gasteiger partial charge in [0.25, 0.3) is 0 Å². The van der Waals surface area contributed by atoms with Crippen LogP contribution in [0.3, 0.4) is 0 Å². The fraction of sp³-hybridized carbons (Fsp3) is 0. The molecule has 1 aromatic rings. The third kappa shape index (κ3) is 1.64. The van der Waals surface area contributed by atoms with E-state index in [-0.39, 0.29) is 15.1 Å². The monoisotopic (exact) mass is 276 g/mol. The Morgan fingerprint density at radius 1 is 1.71 bits per heavy atom. The molecule has 0 radical (unpaired) electrons. The molecule has 1 N–H and O–H groups in total. The molecule has 0 saturated heterocycles. The topological polar surface area (TPSA) is 87.2 Å². The normalized spacial score (nSPS) is 9.50. The quantitative estimate of drug-likeness (QED) is 0.631. The zero-order valence-corrected chi connectivity index (χ0v) is 8.83. The summed E-state index contributed by atoms with van der Waals surface area (Å²) in [4.78, 5) is 9.66. The van der Waals surface area contributed by atoms with Crippen molar-refractivity contribution < 1.29 is 10.0 Å². The number of phenolic OH excluding ortho intramolecular Hbond substituents is 1. The molecule has 0 unspecified atom stereocenters. The Kier molecular flexibility index (Phi) is 2.93. The van der Waals surface area contributed by atoms with Crippen molar-refractivity contribution in [3.63, 3.8) is 0 Å². The van der Waals surface area contributed by atoms with E-state index in [0.29, 0.717) is 0 Å². The molecular formula is C7H2BrClN2O3. The van der Waals surface area contributed by atoms with Crippen LogP contribution in [0.5, 0.6) is 5.75 Å². The van der Waals surface area contributed by atoms with Crippen LogP contribution in [0, 0.1) is 21.4 Å². The summed E-state index contributed by atoms with van der Waals surface area (Å²) in [5.41, 5.74) is -1.04. The molecule has 0 spiro atoms. The number of nitro groups is 1. The minimum atomic E-state index is -0.857. The minimum Gasteiger partial charge on any atom is -0.501 e. The second kappa shape index (κ2) is 3.82. The Morgan fingerprint density at radius 3 is 2.71 bits per heavy atom. The molecule has 1 rings (SSSR count). The highest BCUT2D eigenvalue weighted by molar-refractivity contribution is 9.10. The molecule has 0 amide bonds. The second-order valence-corrected chi connectivity index (χ2v) is 3.54. The Labute approximate surface area is 91.8 Å². The minimum absolute atomic E-state index is 0.0770. The number of rotatable bonds is 1. The predicted molar refractivity (Wildman–Crippen MR) is 52.2 cm³/mol. The molecule has 0 bridgehead atoms. The first kappa shape index (κ1) is 10.8. The lowest BCUT2D eigenvalue weighted by molar-refractivity contribution is -0.386. The van der Waals surface area contributed by atoms with E-state index in [2.05, 4.69) is 15.9 Å². The maximum Gasteiger partial charge on any atom is 0.331 e. The number of hydrogen-bond donors (Lipinski definition) is 1. The summed E-state index contributed by atoms with van der Waals surface area (Å²) in [5.74, 6) is -0.601. The highest BCUT2D eigenvalue weighted by Gasteiger charge is 2.25. The fourth-order valence-electron chi connectivity index (χ4n) is 0.881. The van der Waals surface area contributed by atoms with Crippen LogP contribution in [0.1, 0.15) is 5.56 Å². The summed E-state index contributed by atoms with van der Waals surface area (Å²) in [7, 11) is 0. The number of benzene rings is 1. The van der Waals surface area contributed by atoms with Crippen LogP contribution in [0.25, 0.3) is 0 Å². The number of nitro benzene ring substituents is 1. The van der Waals surface area contributed by atoms with Gasteiger partial charge in [-0.1, -0.05) is 11.6 Å². The van der Waals surface area contributed by atoms with E-state index < -0.39 is 16.4 Å². The molecule has 0 fully saturated rings. The third-order valence-corrected chi connectivity index (χ3v) is 2.38. The molecule has 1 aromatic carbocycles. The summed E-state index contributed by atoms with van der Waals surface area (Å²) >= 11 is 8.46. The zero-order valence-electron chi connectivity index (χ0n) is 6.49. The highest BCUT2D eigenvalue weighted by atomic mass is 79.9. The van der Waals surface area contributed by atoms with E-state index in [1.165, 1.54) is 6.07 Å². The van der Waals surface area contributed by atoms with Crippen LogP contribution in [-0.2, 0) is 0 Å². The van der Waals surface area contributed by atoms with Crippen molar-refractivity contribution in [2.75, 3.05) is 0 Å². The highest BCUT2D eigenvalue weighted by Crippen LogP contribution is 2.40. The average molecular weight is 277 g/mol. The maximum atomic E-state index is 10.5. The predicted octanol–water partition coefficient (Wildman–Crippen LogP) is 2.59. The van der Waals surface area contributed by atoms with Crippen LogP contribution < -0.4 is 0 Å². The van der Waals surface area contributed by atoms with E-state index in [0.717, 1.165) is 0 Å². The van der Waals surface area contributed by atoms with E-state index >= 15 is 0 Å². The Balaban J connectivity index is 3.67. The average Bonchev–Trinajstić information content (AvgIpc) is 2.10.